The van der Waals surface area contributed by atoms with Crippen LogP contribution in [-0.2, 0) is 27.4 Å². The lowest BCUT2D eigenvalue weighted by atomic mass is 9.94. The molecule has 2 amide bonds. The van der Waals surface area contributed by atoms with Gasteiger partial charge in [0, 0.05) is 37.6 Å². The summed E-state index contributed by atoms with van der Waals surface area (Å²) in [5, 5.41) is 1.96. The second-order valence-electron chi connectivity index (χ2n) is 8.05. The highest BCUT2D eigenvalue weighted by Gasteiger charge is 2.33. The minimum atomic E-state index is -0.773. The van der Waals surface area contributed by atoms with Crippen LogP contribution in [0.4, 0.5) is 4.39 Å². The predicted molar refractivity (Wildman–Crippen MR) is 123 cm³/mol. The zero-order valence-corrected chi connectivity index (χ0v) is 19.8. The molecule has 0 saturated carbocycles. The molecule has 31 heavy (non-hydrogen) atoms. The SMILES string of the molecule is COCCCN(CC(=O)N(Cc1ccc(F)cc1)Cc1cccs1)C(=O)C(C)(C)CCl. The standard InChI is InChI=1S/C23H30ClFN2O3S/c1-23(2,17-24)22(29)26(11-5-12-30-3)16-21(28)27(15-20-6-4-13-31-20)14-18-7-9-19(25)10-8-18/h4,6-10,13H,5,11-12,14-17H2,1-3H3. The summed E-state index contributed by atoms with van der Waals surface area (Å²) in [6.45, 7) is 5.16. The third kappa shape index (κ3) is 7.91. The number of ether oxygens (including phenoxy) is 1. The predicted octanol–water partition coefficient (Wildman–Crippen LogP) is 4.55. The fourth-order valence-electron chi connectivity index (χ4n) is 3.03. The summed E-state index contributed by atoms with van der Waals surface area (Å²) in [5.74, 6) is -0.494. The molecule has 170 valence electrons. The molecule has 0 atom stereocenters. The largest absolute Gasteiger partial charge is 0.385 e. The highest BCUT2D eigenvalue weighted by atomic mass is 35.5. The second-order valence-corrected chi connectivity index (χ2v) is 9.35. The average Bonchev–Trinajstić information content (AvgIpc) is 3.26. The molecule has 0 aliphatic heterocycles. The minimum absolute atomic E-state index is 0.0462. The molecule has 0 bridgehead atoms. The Morgan fingerprint density at radius 2 is 1.84 bits per heavy atom. The molecule has 0 aliphatic carbocycles. The maximum atomic E-state index is 13.3. The Labute approximate surface area is 192 Å². The zero-order chi connectivity index (χ0) is 22.9. The first kappa shape index (κ1) is 25.3. The molecule has 0 spiro atoms. The zero-order valence-electron chi connectivity index (χ0n) is 18.3. The van der Waals surface area contributed by atoms with E-state index >= 15 is 0 Å². The highest BCUT2D eigenvalue weighted by molar-refractivity contribution is 7.09. The Morgan fingerprint density at radius 1 is 1.13 bits per heavy atom. The summed E-state index contributed by atoms with van der Waals surface area (Å²) < 4.78 is 18.4. The van der Waals surface area contributed by atoms with E-state index < -0.39 is 5.41 Å². The molecular formula is C23H30ClFN2O3S. The number of alkyl halides is 1. The number of halogens is 2. The van der Waals surface area contributed by atoms with Crippen LogP contribution in [0.3, 0.4) is 0 Å². The fourth-order valence-corrected chi connectivity index (χ4v) is 3.87. The van der Waals surface area contributed by atoms with Gasteiger partial charge in [-0.25, -0.2) is 4.39 Å². The number of carbonyl (C=O) groups is 2. The Morgan fingerprint density at radius 3 is 2.42 bits per heavy atom. The van der Waals surface area contributed by atoms with Crippen molar-refractivity contribution in [3.05, 3.63) is 58.0 Å². The molecule has 1 heterocycles. The van der Waals surface area contributed by atoms with E-state index in [2.05, 4.69) is 0 Å². The maximum absolute atomic E-state index is 13.3. The number of carbonyl (C=O) groups excluding carboxylic acids is 2. The molecule has 0 unspecified atom stereocenters. The van der Waals surface area contributed by atoms with E-state index in [1.165, 1.54) is 12.1 Å². The maximum Gasteiger partial charge on any atom is 0.242 e. The summed E-state index contributed by atoms with van der Waals surface area (Å²) in [4.78, 5) is 30.7. The van der Waals surface area contributed by atoms with Crippen molar-refractivity contribution in [2.24, 2.45) is 5.41 Å². The first-order valence-corrected chi connectivity index (χ1v) is 11.6. The second kappa shape index (κ2) is 12.2. The number of hydrogen-bond donors (Lipinski definition) is 0. The van der Waals surface area contributed by atoms with Gasteiger partial charge in [-0.1, -0.05) is 18.2 Å². The molecule has 0 aliphatic rings. The molecule has 8 heteroatoms. The number of methoxy groups -OCH3 is 1. The molecule has 2 aromatic rings. The smallest absolute Gasteiger partial charge is 0.242 e. The first-order chi connectivity index (χ1) is 14.8. The van der Waals surface area contributed by atoms with Gasteiger partial charge in [0.1, 0.15) is 5.82 Å². The van der Waals surface area contributed by atoms with Crippen molar-refractivity contribution in [2.75, 3.05) is 32.7 Å². The van der Waals surface area contributed by atoms with Crippen LogP contribution < -0.4 is 0 Å². The van der Waals surface area contributed by atoms with E-state index in [0.29, 0.717) is 32.7 Å². The Balaban J connectivity index is 2.19. The van der Waals surface area contributed by atoms with Gasteiger partial charge in [-0.2, -0.15) is 0 Å². The number of amides is 2. The van der Waals surface area contributed by atoms with Crippen LogP contribution in [0.15, 0.2) is 41.8 Å². The molecule has 0 saturated heterocycles. The van der Waals surface area contributed by atoms with Gasteiger partial charge in [-0.15, -0.1) is 22.9 Å². The van der Waals surface area contributed by atoms with Crippen molar-refractivity contribution in [1.82, 2.24) is 9.80 Å². The highest BCUT2D eigenvalue weighted by Crippen LogP contribution is 2.22. The van der Waals surface area contributed by atoms with Crippen LogP contribution in [0, 0.1) is 11.2 Å². The van der Waals surface area contributed by atoms with Gasteiger partial charge in [-0.05, 0) is 49.4 Å². The lowest BCUT2D eigenvalue weighted by Gasteiger charge is -2.32. The quantitative estimate of drug-likeness (QED) is 0.339. The van der Waals surface area contributed by atoms with Crippen LogP contribution in [0.2, 0.25) is 0 Å². The van der Waals surface area contributed by atoms with Crippen molar-refractivity contribution >= 4 is 34.8 Å². The molecule has 0 fully saturated rings. The number of nitrogens with zero attached hydrogens (tertiary/aromatic N) is 2. The Kier molecular flexibility index (Phi) is 9.93. The van der Waals surface area contributed by atoms with Gasteiger partial charge >= 0.3 is 0 Å². The summed E-state index contributed by atoms with van der Waals surface area (Å²) in [7, 11) is 1.60. The number of benzene rings is 1. The van der Waals surface area contributed by atoms with E-state index in [9.17, 15) is 14.0 Å². The average molecular weight is 469 g/mol. The normalized spacial score (nSPS) is 11.4. The first-order valence-electron chi connectivity index (χ1n) is 10.2. The van der Waals surface area contributed by atoms with Gasteiger partial charge in [0.25, 0.3) is 0 Å². The summed E-state index contributed by atoms with van der Waals surface area (Å²) in [6, 6.07) is 10.0. The monoisotopic (exact) mass is 468 g/mol. The van der Waals surface area contributed by atoms with Gasteiger partial charge in [0.05, 0.1) is 18.5 Å². The molecule has 1 aromatic carbocycles. The van der Waals surface area contributed by atoms with Crippen LogP contribution in [0.1, 0.15) is 30.7 Å². The van der Waals surface area contributed by atoms with Gasteiger partial charge in [0.15, 0.2) is 0 Å². The van der Waals surface area contributed by atoms with Crippen LogP contribution in [-0.4, -0.2) is 54.3 Å². The summed E-state index contributed by atoms with van der Waals surface area (Å²) >= 11 is 7.57. The summed E-state index contributed by atoms with van der Waals surface area (Å²) in [6.07, 6.45) is 0.622. The fraction of sp³-hybridized carbons (Fsp3) is 0.478. The van der Waals surface area contributed by atoms with Gasteiger partial charge in [-0.3, -0.25) is 9.59 Å². The van der Waals surface area contributed by atoms with E-state index in [1.807, 2.05) is 17.5 Å². The van der Waals surface area contributed by atoms with Crippen molar-refractivity contribution in [3.8, 4) is 0 Å². The van der Waals surface area contributed by atoms with Gasteiger partial charge in [0.2, 0.25) is 11.8 Å². The van der Waals surface area contributed by atoms with E-state index in [4.69, 9.17) is 16.3 Å². The number of rotatable bonds is 12. The minimum Gasteiger partial charge on any atom is -0.385 e. The molecule has 5 nitrogen and oxygen atoms in total. The third-order valence-corrected chi connectivity index (χ3v) is 6.40. The number of hydrogen-bond acceptors (Lipinski definition) is 4. The van der Waals surface area contributed by atoms with E-state index in [-0.39, 0.29) is 30.1 Å². The van der Waals surface area contributed by atoms with Crippen molar-refractivity contribution in [2.45, 2.75) is 33.4 Å². The van der Waals surface area contributed by atoms with Crippen molar-refractivity contribution in [3.63, 3.8) is 0 Å². The third-order valence-electron chi connectivity index (χ3n) is 4.87. The summed E-state index contributed by atoms with van der Waals surface area (Å²) in [5.41, 5.74) is 0.0504. The lowest BCUT2D eigenvalue weighted by molar-refractivity contribution is -0.146. The van der Waals surface area contributed by atoms with Crippen molar-refractivity contribution < 1.29 is 18.7 Å². The van der Waals surface area contributed by atoms with E-state index in [0.717, 1.165) is 10.4 Å². The van der Waals surface area contributed by atoms with Crippen molar-refractivity contribution in [1.29, 1.82) is 0 Å². The molecule has 0 radical (unpaired) electrons. The van der Waals surface area contributed by atoms with Crippen LogP contribution >= 0.6 is 22.9 Å². The molecule has 2 rings (SSSR count). The molecule has 0 N–H and O–H groups in total. The molecular weight excluding hydrogens is 439 g/mol. The Bertz CT molecular complexity index is 828. The lowest BCUT2D eigenvalue weighted by Crippen LogP contribution is -2.48. The molecule has 1 aromatic heterocycles. The van der Waals surface area contributed by atoms with Crippen LogP contribution in [0.25, 0.3) is 0 Å². The Hall–Kier alpha value is -1.96. The van der Waals surface area contributed by atoms with E-state index in [1.54, 1.807) is 54.2 Å². The number of thiophene rings is 1. The topological polar surface area (TPSA) is 49.9 Å². The van der Waals surface area contributed by atoms with Gasteiger partial charge < -0.3 is 14.5 Å². The van der Waals surface area contributed by atoms with Crippen LogP contribution in [0.5, 0.6) is 0 Å².